The Morgan fingerprint density at radius 2 is 1.54 bits per heavy atom. The zero-order chi connectivity index (χ0) is 26.8. The number of hydrogen-bond acceptors (Lipinski definition) is 5. The number of aromatic nitrogens is 5. The van der Waals surface area contributed by atoms with Gasteiger partial charge in [-0.3, -0.25) is 9.59 Å². The number of carbonyl (C=O) groups excluding carboxylic acids is 1. The minimum atomic E-state index is -0.358. The summed E-state index contributed by atoms with van der Waals surface area (Å²) < 4.78 is 1.61. The first-order chi connectivity index (χ1) is 19.1. The highest BCUT2D eigenvalue weighted by atomic mass is 35.5. The largest absolute Gasteiger partial charge is 0.342 e. The molecular weight excluding hydrogens is 512 g/mol. The fourth-order valence-electron chi connectivity index (χ4n) is 5.30. The number of aromatic amines is 1. The van der Waals surface area contributed by atoms with E-state index in [0.717, 1.165) is 16.7 Å². The highest BCUT2D eigenvalue weighted by molar-refractivity contribution is 6.31. The second kappa shape index (κ2) is 10.8. The number of amides is 1. The summed E-state index contributed by atoms with van der Waals surface area (Å²) in [7, 11) is 0. The maximum Gasteiger partial charge on any atom is 0.281 e. The Morgan fingerprint density at radius 3 is 2.18 bits per heavy atom. The molecule has 0 bridgehead atoms. The standard InChI is InChI=1S/C30H27ClN6O2/c31-24-14-8-7-13-23(24)19-37-28-26(34-35-37)29(38)33-27(32-28)22-15-17-36(18-16-22)30(39)25(20-9-3-1-4-10-20)21-11-5-2-6-12-21/h1-14,22,25H,15-19H2,(H,32,33,38). The van der Waals surface area contributed by atoms with Crippen LogP contribution >= 0.6 is 11.6 Å². The van der Waals surface area contributed by atoms with Crippen LogP contribution in [0.1, 0.15) is 47.2 Å². The van der Waals surface area contributed by atoms with Crippen LogP contribution in [0.3, 0.4) is 0 Å². The van der Waals surface area contributed by atoms with Crippen molar-refractivity contribution in [2.24, 2.45) is 0 Å². The molecule has 6 rings (SSSR count). The summed E-state index contributed by atoms with van der Waals surface area (Å²) in [5.41, 5.74) is 3.14. The lowest BCUT2D eigenvalue weighted by atomic mass is 9.88. The molecule has 1 N–H and O–H groups in total. The van der Waals surface area contributed by atoms with Gasteiger partial charge in [-0.15, -0.1) is 5.10 Å². The van der Waals surface area contributed by atoms with Crippen molar-refractivity contribution in [2.45, 2.75) is 31.2 Å². The zero-order valence-electron chi connectivity index (χ0n) is 21.2. The lowest BCUT2D eigenvalue weighted by Crippen LogP contribution is -2.41. The number of H-pyrrole nitrogens is 1. The Balaban J connectivity index is 1.22. The van der Waals surface area contributed by atoms with Crippen molar-refractivity contribution >= 4 is 28.7 Å². The fraction of sp³-hybridized carbons (Fsp3) is 0.233. The molecule has 1 amide bonds. The van der Waals surface area contributed by atoms with Crippen LogP contribution in [0.15, 0.2) is 89.7 Å². The number of rotatable bonds is 6. The normalized spacial score (nSPS) is 14.3. The number of nitrogens with zero attached hydrogens (tertiary/aromatic N) is 5. The zero-order valence-corrected chi connectivity index (χ0v) is 22.0. The molecular formula is C30H27ClN6O2. The van der Waals surface area contributed by atoms with Gasteiger partial charge in [0.2, 0.25) is 5.91 Å². The molecule has 5 aromatic rings. The van der Waals surface area contributed by atoms with Crippen molar-refractivity contribution in [3.05, 3.63) is 123 Å². The van der Waals surface area contributed by atoms with Crippen LogP contribution in [-0.2, 0) is 11.3 Å². The summed E-state index contributed by atoms with van der Waals surface area (Å²) >= 11 is 6.33. The summed E-state index contributed by atoms with van der Waals surface area (Å²) in [6, 6.07) is 27.3. The number of hydrogen-bond donors (Lipinski definition) is 1. The predicted molar refractivity (Wildman–Crippen MR) is 150 cm³/mol. The Morgan fingerprint density at radius 1 is 0.923 bits per heavy atom. The molecule has 196 valence electrons. The monoisotopic (exact) mass is 538 g/mol. The van der Waals surface area contributed by atoms with E-state index in [4.69, 9.17) is 16.6 Å². The smallest absolute Gasteiger partial charge is 0.281 e. The van der Waals surface area contributed by atoms with E-state index in [1.54, 1.807) is 4.68 Å². The molecule has 1 saturated heterocycles. The van der Waals surface area contributed by atoms with E-state index in [0.29, 0.717) is 49.0 Å². The van der Waals surface area contributed by atoms with Crippen molar-refractivity contribution < 1.29 is 4.79 Å². The number of piperidine rings is 1. The van der Waals surface area contributed by atoms with Gasteiger partial charge in [0.15, 0.2) is 11.2 Å². The average molecular weight is 539 g/mol. The number of likely N-dealkylation sites (tertiary alicyclic amines) is 1. The molecule has 8 nitrogen and oxygen atoms in total. The minimum absolute atomic E-state index is 0.0155. The number of benzene rings is 3. The molecule has 1 aliphatic heterocycles. The molecule has 0 saturated carbocycles. The molecule has 0 spiro atoms. The van der Waals surface area contributed by atoms with E-state index in [2.05, 4.69) is 15.3 Å². The van der Waals surface area contributed by atoms with Crippen LogP contribution in [0.4, 0.5) is 0 Å². The molecule has 3 heterocycles. The maximum atomic E-state index is 13.8. The van der Waals surface area contributed by atoms with Crippen molar-refractivity contribution in [3.63, 3.8) is 0 Å². The van der Waals surface area contributed by atoms with Gasteiger partial charge in [-0.1, -0.05) is 95.7 Å². The van der Waals surface area contributed by atoms with E-state index in [1.807, 2.05) is 89.8 Å². The second-order valence-corrected chi connectivity index (χ2v) is 10.2. The molecule has 9 heteroatoms. The Bertz CT molecular complexity index is 1620. The maximum absolute atomic E-state index is 13.8. The number of nitrogens with one attached hydrogen (secondary N) is 1. The molecule has 39 heavy (non-hydrogen) atoms. The van der Waals surface area contributed by atoms with Gasteiger partial charge in [0.1, 0.15) is 5.82 Å². The van der Waals surface area contributed by atoms with Crippen LogP contribution in [0.25, 0.3) is 11.2 Å². The van der Waals surface area contributed by atoms with E-state index in [-0.39, 0.29) is 28.8 Å². The third-order valence-electron chi connectivity index (χ3n) is 7.38. The summed E-state index contributed by atoms with van der Waals surface area (Å²) in [6.45, 7) is 1.52. The summed E-state index contributed by atoms with van der Waals surface area (Å²) in [6.07, 6.45) is 1.39. The van der Waals surface area contributed by atoms with E-state index >= 15 is 0 Å². The number of halogens is 1. The van der Waals surface area contributed by atoms with Gasteiger partial charge in [0.05, 0.1) is 12.5 Å². The van der Waals surface area contributed by atoms with E-state index in [1.165, 1.54) is 0 Å². The lowest BCUT2D eigenvalue weighted by Gasteiger charge is -2.34. The highest BCUT2D eigenvalue weighted by Crippen LogP contribution is 2.31. The van der Waals surface area contributed by atoms with Crippen molar-refractivity contribution in [1.82, 2.24) is 29.9 Å². The molecule has 0 aliphatic carbocycles. The average Bonchev–Trinajstić information content (AvgIpc) is 3.39. The van der Waals surface area contributed by atoms with Gasteiger partial charge >= 0.3 is 0 Å². The van der Waals surface area contributed by atoms with Gasteiger partial charge in [-0.05, 0) is 35.6 Å². The third-order valence-corrected chi connectivity index (χ3v) is 7.74. The Labute approximate surface area is 230 Å². The van der Waals surface area contributed by atoms with Crippen LogP contribution in [0.2, 0.25) is 5.02 Å². The summed E-state index contributed by atoms with van der Waals surface area (Å²) in [4.78, 5) is 36.3. The first kappa shape index (κ1) is 25.0. The molecule has 1 fully saturated rings. The quantitative estimate of drug-likeness (QED) is 0.336. The van der Waals surface area contributed by atoms with Crippen LogP contribution < -0.4 is 5.56 Å². The number of fused-ring (bicyclic) bond motifs is 1. The molecule has 3 aromatic carbocycles. The first-order valence-corrected chi connectivity index (χ1v) is 13.4. The van der Waals surface area contributed by atoms with Crippen LogP contribution in [-0.4, -0.2) is 48.9 Å². The molecule has 0 atom stereocenters. The third kappa shape index (κ3) is 5.07. The predicted octanol–water partition coefficient (Wildman–Crippen LogP) is 4.75. The molecule has 0 unspecified atom stereocenters. The van der Waals surface area contributed by atoms with E-state index in [9.17, 15) is 9.59 Å². The van der Waals surface area contributed by atoms with E-state index < -0.39 is 0 Å². The fourth-order valence-corrected chi connectivity index (χ4v) is 5.49. The summed E-state index contributed by atoms with van der Waals surface area (Å²) in [5, 5.41) is 8.84. The van der Waals surface area contributed by atoms with Gasteiger partial charge < -0.3 is 9.88 Å². The van der Waals surface area contributed by atoms with Crippen molar-refractivity contribution in [3.8, 4) is 0 Å². The molecule has 0 radical (unpaired) electrons. The van der Waals surface area contributed by atoms with Gasteiger partial charge in [-0.2, -0.15) is 0 Å². The molecule has 2 aromatic heterocycles. The van der Waals surface area contributed by atoms with Gasteiger partial charge in [0.25, 0.3) is 5.56 Å². The minimum Gasteiger partial charge on any atom is -0.342 e. The summed E-state index contributed by atoms with van der Waals surface area (Å²) in [5.74, 6) is 0.347. The van der Waals surface area contributed by atoms with Crippen molar-refractivity contribution in [1.29, 1.82) is 0 Å². The Kier molecular flexibility index (Phi) is 6.94. The van der Waals surface area contributed by atoms with Crippen molar-refractivity contribution in [2.75, 3.05) is 13.1 Å². The topological polar surface area (TPSA) is 96.8 Å². The second-order valence-electron chi connectivity index (χ2n) is 9.82. The Hall–Kier alpha value is -4.30. The van der Waals surface area contributed by atoms with Crippen LogP contribution in [0.5, 0.6) is 0 Å². The highest BCUT2D eigenvalue weighted by Gasteiger charge is 2.31. The molecule has 1 aliphatic rings. The van der Waals surface area contributed by atoms with Crippen LogP contribution in [0, 0.1) is 0 Å². The SMILES string of the molecule is O=C(C(c1ccccc1)c1ccccc1)N1CCC(c2nc3c(nnn3Cc3ccccc3Cl)c(=O)[nH]2)CC1. The first-order valence-electron chi connectivity index (χ1n) is 13.0. The number of carbonyl (C=O) groups is 1. The van der Waals surface area contributed by atoms with Gasteiger partial charge in [0, 0.05) is 24.0 Å². The lowest BCUT2D eigenvalue weighted by molar-refractivity contribution is -0.133. The van der Waals surface area contributed by atoms with Gasteiger partial charge in [-0.25, -0.2) is 9.67 Å².